The standard InChI is InChI=1S/C16H21N3O6/c1-9-11(7-6-8-12(9)19(23)24)14(21)25-10(2)13(20)17-15(22)18-16(3,4)5/h6-8,10H,1-5H3,(H2,17,18,20,22). The molecule has 2 N–H and O–H groups in total. The van der Waals surface area contributed by atoms with E-state index in [0.29, 0.717) is 0 Å². The van der Waals surface area contributed by atoms with Crippen LogP contribution in [0.15, 0.2) is 18.2 Å². The number of benzene rings is 1. The fourth-order valence-corrected chi connectivity index (χ4v) is 1.91. The minimum absolute atomic E-state index is 0.0204. The van der Waals surface area contributed by atoms with E-state index in [9.17, 15) is 24.5 Å². The summed E-state index contributed by atoms with van der Waals surface area (Å²) in [6.45, 7) is 7.93. The summed E-state index contributed by atoms with van der Waals surface area (Å²) >= 11 is 0. The largest absolute Gasteiger partial charge is 0.449 e. The van der Waals surface area contributed by atoms with E-state index in [0.717, 1.165) is 0 Å². The van der Waals surface area contributed by atoms with E-state index >= 15 is 0 Å². The van der Waals surface area contributed by atoms with Crippen molar-refractivity contribution in [2.75, 3.05) is 0 Å². The number of carbonyl (C=O) groups is 3. The van der Waals surface area contributed by atoms with Crippen LogP contribution >= 0.6 is 0 Å². The van der Waals surface area contributed by atoms with Crippen molar-refractivity contribution in [3.05, 3.63) is 39.4 Å². The third-order valence-electron chi connectivity index (χ3n) is 3.10. The second kappa shape index (κ2) is 7.73. The molecule has 3 amide bonds. The van der Waals surface area contributed by atoms with Crippen molar-refractivity contribution >= 4 is 23.6 Å². The van der Waals surface area contributed by atoms with Gasteiger partial charge < -0.3 is 10.1 Å². The fraction of sp³-hybridized carbons (Fsp3) is 0.438. The number of ether oxygens (including phenoxy) is 1. The molecule has 0 saturated heterocycles. The number of rotatable bonds is 4. The second-order valence-electron chi connectivity index (χ2n) is 6.45. The van der Waals surface area contributed by atoms with Gasteiger partial charge in [-0.3, -0.25) is 20.2 Å². The van der Waals surface area contributed by atoms with E-state index in [1.165, 1.54) is 32.0 Å². The molecule has 0 radical (unpaired) electrons. The molecule has 0 bridgehead atoms. The quantitative estimate of drug-likeness (QED) is 0.485. The number of hydrogen-bond donors (Lipinski definition) is 2. The summed E-state index contributed by atoms with van der Waals surface area (Å²) in [5.41, 5.74) is -0.649. The number of nitro benzene ring substituents is 1. The molecule has 25 heavy (non-hydrogen) atoms. The first kappa shape index (κ1) is 20.1. The van der Waals surface area contributed by atoms with Crippen LogP contribution in [0, 0.1) is 17.0 Å². The summed E-state index contributed by atoms with van der Waals surface area (Å²) in [5.74, 6) is -1.70. The first-order valence-corrected chi connectivity index (χ1v) is 7.50. The molecule has 0 fully saturated rings. The summed E-state index contributed by atoms with van der Waals surface area (Å²) in [4.78, 5) is 46.0. The highest BCUT2D eigenvalue weighted by Crippen LogP contribution is 2.22. The van der Waals surface area contributed by atoms with Gasteiger partial charge in [0.05, 0.1) is 10.5 Å². The van der Waals surface area contributed by atoms with Crippen LogP contribution in [0.3, 0.4) is 0 Å². The third-order valence-corrected chi connectivity index (χ3v) is 3.10. The Kier molecular flexibility index (Phi) is 6.21. The SMILES string of the molecule is Cc1c(C(=O)OC(C)C(=O)NC(=O)NC(C)(C)C)cccc1[N+](=O)[O-]. The van der Waals surface area contributed by atoms with E-state index < -0.39 is 34.5 Å². The van der Waals surface area contributed by atoms with E-state index in [1.807, 2.05) is 0 Å². The Balaban J connectivity index is 2.77. The number of imide groups is 1. The van der Waals surface area contributed by atoms with Crippen LogP contribution in [0.2, 0.25) is 0 Å². The predicted molar refractivity (Wildman–Crippen MR) is 89.1 cm³/mol. The van der Waals surface area contributed by atoms with E-state index in [1.54, 1.807) is 20.8 Å². The van der Waals surface area contributed by atoms with Gasteiger partial charge in [0.1, 0.15) is 0 Å². The van der Waals surface area contributed by atoms with Crippen molar-refractivity contribution in [3.63, 3.8) is 0 Å². The van der Waals surface area contributed by atoms with Gasteiger partial charge in [0.25, 0.3) is 11.6 Å². The molecule has 0 saturated carbocycles. The van der Waals surface area contributed by atoms with Crippen LogP contribution < -0.4 is 10.6 Å². The minimum atomic E-state index is -1.25. The van der Waals surface area contributed by atoms with Gasteiger partial charge in [-0.2, -0.15) is 0 Å². The molecule has 9 heteroatoms. The van der Waals surface area contributed by atoms with Crippen molar-refractivity contribution in [2.24, 2.45) is 0 Å². The van der Waals surface area contributed by atoms with Crippen LogP contribution in [0.1, 0.15) is 43.6 Å². The first-order chi connectivity index (χ1) is 11.4. The first-order valence-electron chi connectivity index (χ1n) is 7.50. The maximum Gasteiger partial charge on any atom is 0.339 e. The number of urea groups is 1. The number of amides is 3. The lowest BCUT2D eigenvalue weighted by Gasteiger charge is -2.21. The molecule has 136 valence electrons. The van der Waals surface area contributed by atoms with Gasteiger partial charge in [0, 0.05) is 17.2 Å². The smallest absolute Gasteiger partial charge is 0.339 e. The molecule has 0 spiro atoms. The Labute approximate surface area is 144 Å². The molecular formula is C16H21N3O6. The van der Waals surface area contributed by atoms with E-state index in [4.69, 9.17) is 4.74 Å². The zero-order chi connectivity index (χ0) is 19.4. The van der Waals surface area contributed by atoms with E-state index in [-0.39, 0.29) is 16.8 Å². The summed E-state index contributed by atoms with van der Waals surface area (Å²) in [6.07, 6.45) is -1.25. The maximum absolute atomic E-state index is 12.1. The highest BCUT2D eigenvalue weighted by atomic mass is 16.6. The van der Waals surface area contributed by atoms with Crippen LogP contribution in [-0.2, 0) is 9.53 Å². The van der Waals surface area contributed by atoms with Gasteiger partial charge in [-0.1, -0.05) is 6.07 Å². The van der Waals surface area contributed by atoms with Crippen LogP contribution in [0.4, 0.5) is 10.5 Å². The van der Waals surface area contributed by atoms with Crippen LogP contribution in [0.25, 0.3) is 0 Å². The molecule has 0 aromatic heterocycles. The van der Waals surface area contributed by atoms with Gasteiger partial charge in [0.2, 0.25) is 0 Å². The second-order valence-corrected chi connectivity index (χ2v) is 6.45. The van der Waals surface area contributed by atoms with Crippen molar-refractivity contribution in [3.8, 4) is 0 Å². The Morgan fingerprint density at radius 2 is 1.84 bits per heavy atom. The van der Waals surface area contributed by atoms with Crippen molar-refractivity contribution in [2.45, 2.75) is 46.3 Å². The average molecular weight is 351 g/mol. The van der Waals surface area contributed by atoms with Crippen molar-refractivity contribution in [1.29, 1.82) is 0 Å². The summed E-state index contributed by atoms with van der Waals surface area (Å²) in [6, 6.07) is 3.26. The number of nitrogens with zero attached hydrogens (tertiary/aromatic N) is 1. The minimum Gasteiger partial charge on any atom is -0.449 e. The van der Waals surface area contributed by atoms with Crippen LogP contribution in [0.5, 0.6) is 0 Å². The van der Waals surface area contributed by atoms with E-state index in [2.05, 4.69) is 10.6 Å². The molecule has 0 aliphatic carbocycles. The molecule has 9 nitrogen and oxygen atoms in total. The zero-order valence-corrected chi connectivity index (χ0v) is 14.7. The molecule has 1 atom stereocenters. The molecule has 1 aromatic carbocycles. The van der Waals surface area contributed by atoms with Gasteiger partial charge >= 0.3 is 12.0 Å². The maximum atomic E-state index is 12.1. The Morgan fingerprint density at radius 1 is 1.24 bits per heavy atom. The molecule has 0 heterocycles. The molecule has 1 aromatic rings. The molecule has 1 rings (SSSR count). The molecule has 0 aliphatic rings. The van der Waals surface area contributed by atoms with Gasteiger partial charge in [-0.25, -0.2) is 9.59 Å². The zero-order valence-electron chi connectivity index (χ0n) is 14.7. The lowest BCUT2D eigenvalue weighted by Crippen LogP contribution is -2.50. The lowest BCUT2D eigenvalue weighted by atomic mass is 10.1. The Bertz CT molecular complexity index is 708. The predicted octanol–water partition coefficient (Wildman–Crippen LogP) is 2.07. The topological polar surface area (TPSA) is 128 Å². The molecule has 1 unspecified atom stereocenters. The summed E-state index contributed by atoms with van der Waals surface area (Å²) in [5, 5.41) is 15.5. The Morgan fingerprint density at radius 3 is 2.36 bits per heavy atom. The summed E-state index contributed by atoms with van der Waals surface area (Å²) < 4.78 is 4.99. The highest BCUT2D eigenvalue weighted by molar-refractivity contribution is 5.99. The number of hydrogen-bond acceptors (Lipinski definition) is 6. The van der Waals surface area contributed by atoms with Gasteiger partial charge in [-0.15, -0.1) is 0 Å². The number of nitrogens with one attached hydrogen (secondary N) is 2. The Hall–Kier alpha value is -2.97. The average Bonchev–Trinajstić information content (AvgIpc) is 2.44. The van der Waals surface area contributed by atoms with Crippen molar-refractivity contribution < 1.29 is 24.0 Å². The normalized spacial score (nSPS) is 12.0. The highest BCUT2D eigenvalue weighted by Gasteiger charge is 2.25. The number of nitro groups is 1. The fourth-order valence-electron chi connectivity index (χ4n) is 1.91. The molecule has 0 aliphatic heterocycles. The summed E-state index contributed by atoms with van der Waals surface area (Å²) in [7, 11) is 0. The number of carbonyl (C=O) groups excluding carboxylic acids is 3. The number of esters is 1. The third kappa shape index (κ3) is 5.87. The van der Waals surface area contributed by atoms with Gasteiger partial charge in [0.15, 0.2) is 6.10 Å². The van der Waals surface area contributed by atoms with Crippen molar-refractivity contribution in [1.82, 2.24) is 10.6 Å². The van der Waals surface area contributed by atoms with Crippen LogP contribution in [-0.4, -0.2) is 34.5 Å². The lowest BCUT2D eigenvalue weighted by molar-refractivity contribution is -0.385. The van der Waals surface area contributed by atoms with Gasteiger partial charge in [-0.05, 0) is 40.7 Å². The monoisotopic (exact) mass is 351 g/mol. The molecular weight excluding hydrogens is 330 g/mol.